The minimum absolute atomic E-state index is 0.0148. The molecule has 0 atom stereocenters. The van der Waals surface area contributed by atoms with Crippen molar-refractivity contribution < 1.29 is 19.2 Å². The van der Waals surface area contributed by atoms with Crippen LogP contribution in [-0.2, 0) is 20.8 Å². The molecule has 1 fully saturated rings. The highest BCUT2D eigenvalue weighted by Crippen LogP contribution is 2.23. The Balaban J connectivity index is 1.99. The number of amides is 3. The van der Waals surface area contributed by atoms with Gasteiger partial charge in [-0.3, -0.25) is 29.8 Å². The third kappa shape index (κ3) is 3.71. The van der Waals surface area contributed by atoms with Crippen LogP contribution in [0.3, 0.4) is 0 Å². The van der Waals surface area contributed by atoms with E-state index in [2.05, 4.69) is 14.7 Å². The van der Waals surface area contributed by atoms with E-state index in [1.54, 1.807) is 0 Å². The molecule has 10 heteroatoms. The maximum Gasteiger partial charge on any atom is 0.290 e. The first-order chi connectivity index (χ1) is 9.44. The van der Waals surface area contributed by atoms with E-state index in [9.17, 15) is 19.2 Å². The minimum Gasteiger partial charge on any atom is -0.300 e. The Kier molecular flexibility index (Phi) is 4.25. The highest BCUT2D eigenvalue weighted by atomic mass is 32.2. The van der Waals surface area contributed by atoms with Gasteiger partial charge in [-0.05, 0) is 18.7 Å². The SMILES string of the molecule is CC(=O)Cc1nsc(NC(=O)/C=C2\SC(=O)NC2=O)n1. The minimum atomic E-state index is -0.607. The zero-order valence-corrected chi connectivity index (χ0v) is 11.8. The lowest BCUT2D eigenvalue weighted by Crippen LogP contribution is -2.18. The number of nitrogens with one attached hydrogen (secondary N) is 2. The van der Waals surface area contributed by atoms with Crippen molar-refractivity contribution in [3.63, 3.8) is 0 Å². The molecule has 1 saturated heterocycles. The fraction of sp³-hybridized carbons (Fsp3) is 0.200. The number of rotatable bonds is 4. The number of aromatic nitrogens is 2. The van der Waals surface area contributed by atoms with Gasteiger partial charge in [-0.15, -0.1) is 0 Å². The highest BCUT2D eigenvalue weighted by molar-refractivity contribution is 8.18. The van der Waals surface area contributed by atoms with Crippen LogP contribution in [0.15, 0.2) is 11.0 Å². The number of Topliss-reactive ketones (excluding diaryl/α,β-unsaturated/α-hetero) is 1. The van der Waals surface area contributed by atoms with Crippen molar-refractivity contribution in [2.75, 3.05) is 5.32 Å². The summed E-state index contributed by atoms with van der Waals surface area (Å²) < 4.78 is 3.90. The van der Waals surface area contributed by atoms with Crippen LogP contribution >= 0.6 is 23.3 Å². The average molecular weight is 312 g/mol. The van der Waals surface area contributed by atoms with E-state index >= 15 is 0 Å². The Hall–Kier alpha value is -2.07. The number of hydrogen-bond acceptors (Lipinski definition) is 8. The molecule has 2 N–H and O–H groups in total. The highest BCUT2D eigenvalue weighted by Gasteiger charge is 2.26. The molecule has 1 aliphatic rings. The first-order valence-electron chi connectivity index (χ1n) is 5.32. The van der Waals surface area contributed by atoms with Gasteiger partial charge in [-0.25, -0.2) is 4.98 Å². The number of imide groups is 1. The first-order valence-corrected chi connectivity index (χ1v) is 6.91. The summed E-state index contributed by atoms with van der Waals surface area (Å²) in [5.41, 5.74) is 0. The molecule has 1 aliphatic heterocycles. The molecule has 0 unspecified atom stereocenters. The van der Waals surface area contributed by atoms with Gasteiger partial charge in [-0.2, -0.15) is 4.37 Å². The van der Waals surface area contributed by atoms with E-state index < -0.39 is 17.1 Å². The second-order valence-electron chi connectivity index (χ2n) is 3.74. The second-order valence-corrected chi connectivity index (χ2v) is 5.50. The smallest absolute Gasteiger partial charge is 0.290 e. The van der Waals surface area contributed by atoms with Crippen LogP contribution in [0.1, 0.15) is 12.7 Å². The van der Waals surface area contributed by atoms with E-state index in [4.69, 9.17) is 0 Å². The van der Waals surface area contributed by atoms with Gasteiger partial charge in [0.25, 0.3) is 17.1 Å². The number of hydrogen-bond donors (Lipinski definition) is 2. The molecule has 0 saturated carbocycles. The number of nitrogens with zero attached hydrogens (tertiary/aromatic N) is 2. The molecular weight excluding hydrogens is 304 g/mol. The molecule has 20 heavy (non-hydrogen) atoms. The van der Waals surface area contributed by atoms with Gasteiger partial charge in [0.2, 0.25) is 5.13 Å². The van der Waals surface area contributed by atoms with Crippen LogP contribution < -0.4 is 10.6 Å². The van der Waals surface area contributed by atoms with Crippen molar-refractivity contribution in [2.24, 2.45) is 0 Å². The molecule has 1 aromatic heterocycles. The first kappa shape index (κ1) is 14.3. The normalized spacial score (nSPS) is 16.4. The molecule has 0 spiro atoms. The maximum absolute atomic E-state index is 11.6. The predicted octanol–water partition coefficient (Wildman–Crippen LogP) is 0.475. The number of carbonyl (C=O) groups is 4. The number of carbonyl (C=O) groups excluding carboxylic acids is 4. The molecule has 104 valence electrons. The van der Waals surface area contributed by atoms with Crippen molar-refractivity contribution in [1.29, 1.82) is 0 Å². The van der Waals surface area contributed by atoms with Gasteiger partial charge in [-0.1, -0.05) is 0 Å². The molecule has 0 aliphatic carbocycles. The fourth-order valence-electron chi connectivity index (χ4n) is 1.28. The maximum atomic E-state index is 11.6. The van der Waals surface area contributed by atoms with Crippen LogP contribution in [0, 0.1) is 0 Å². The lowest BCUT2D eigenvalue weighted by Gasteiger charge is -1.95. The Morgan fingerprint density at radius 1 is 1.40 bits per heavy atom. The quantitative estimate of drug-likeness (QED) is 0.776. The monoisotopic (exact) mass is 312 g/mol. The molecule has 1 aromatic rings. The zero-order chi connectivity index (χ0) is 14.7. The van der Waals surface area contributed by atoms with Crippen molar-refractivity contribution in [3.05, 3.63) is 16.8 Å². The molecular formula is C10H8N4O4S2. The van der Waals surface area contributed by atoms with E-state index in [0.29, 0.717) is 17.6 Å². The van der Waals surface area contributed by atoms with E-state index in [0.717, 1.165) is 17.6 Å². The Labute approximate surface area is 121 Å². The van der Waals surface area contributed by atoms with Crippen molar-refractivity contribution in [3.8, 4) is 0 Å². The summed E-state index contributed by atoms with van der Waals surface area (Å²) in [6, 6.07) is 0. The molecule has 3 amide bonds. The summed E-state index contributed by atoms with van der Waals surface area (Å²) in [5.74, 6) is -0.957. The zero-order valence-electron chi connectivity index (χ0n) is 10.1. The van der Waals surface area contributed by atoms with Gasteiger partial charge < -0.3 is 0 Å². The molecule has 0 bridgehead atoms. The van der Waals surface area contributed by atoms with Crippen molar-refractivity contribution in [2.45, 2.75) is 13.3 Å². The summed E-state index contributed by atoms with van der Waals surface area (Å²) >= 11 is 1.58. The van der Waals surface area contributed by atoms with Gasteiger partial charge in [0.15, 0.2) is 5.82 Å². The molecule has 2 rings (SSSR count). The Morgan fingerprint density at radius 2 is 2.15 bits per heavy atom. The fourth-order valence-corrected chi connectivity index (χ4v) is 2.52. The van der Waals surface area contributed by atoms with E-state index in [-0.39, 0.29) is 22.2 Å². The molecule has 0 radical (unpaired) electrons. The lowest BCUT2D eigenvalue weighted by molar-refractivity contribution is -0.117. The van der Waals surface area contributed by atoms with Crippen molar-refractivity contribution >= 4 is 51.3 Å². The number of thioether (sulfide) groups is 1. The summed E-state index contributed by atoms with van der Waals surface area (Å²) in [5, 5.41) is 4.15. The van der Waals surface area contributed by atoms with Gasteiger partial charge >= 0.3 is 0 Å². The predicted molar refractivity (Wildman–Crippen MR) is 72.1 cm³/mol. The summed E-state index contributed by atoms with van der Waals surface area (Å²) in [6.45, 7) is 1.41. The van der Waals surface area contributed by atoms with Crippen LogP contribution in [0.25, 0.3) is 0 Å². The van der Waals surface area contributed by atoms with E-state index in [1.165, 1.54) is 6.92 Å². The summed E-state index contributed by atoms with van der Waals surface area (Å²) in [4.78, 5) is 48.6. The lowest BCUT2D eigenvalue weighted by atomic mass is 10.3. The summed E-state index contributed by atoms with van der Waals surface area (Å²) in [7, 11) is 0. The Bertz CT molecular complexity index is 637. The van der Waals surface area contributed by atoms with E-state index in [1.807, 2.05) is 5.32 Å². The van der Waals surface area contributed by atoms with Crippen LogP contribution in [0.2, 0.25) is 0 Å². The second kappa shape index (κ2) is 5.92. The topological polar surface area (TPSA) is 118 Å². The molecule has 2 heterocycles. The van der Waals surface area contributed by atoms with Crippen LogP contribution in [-0.4, -0.2) is 32.2 Å². The summed E-state index contributed by atoms with van der Waals surface area (Å²) in [6.07, 6.45) is 1.11. The van der Waals surface area contributed by atoms with Crippen LogP contribution in [0.5, 0.6) is 0 Å². The largest absolute Gasteiger partial charge is 0.300 e. The number of anilines is 1. The molecule has 8 nitrogen and oxygen atoms in total. The number of ketones is 1. The molecule has 0 aromatic carbocycles. The van der Waals surface area contributed by atoms with Crippen LogP contribution in [0.4, 0.5) is 9.93 Å². The van der Waals surface area contributed by atoms with Gasteiger partial charge in [0.05, 0.1) is 11.3 Å². The van der Waals surface area contributed by atoms with Gasteiger partial charge in [0.1, 0.15) is 5.78 Å². The third-order valence-corrected chi connectivity index (χ3v) is 3.49. The van der Waals surface area contributed by atoms with Gasteiger partial charge in [0, 0.05) is 17.6 Å². The third-order valence-electron chi connectivity index (χ3n) is 2.01. The van der Waals surface area contributed by atoms with Crippen molar-refractivity contribution in [1.82, 2.24) is 14.7 Å². The average Bonchev–Trinajstić information content (AvgIpc) is 2.85. The standard InChI is InChI=1S/C10H8N4O4S2/c1-4(15)2-6-11-9(20-14-6)12-7(16)3-5-8(17)13-10(18)19-5/h3H,2H2,1H3,(H,13,17,18)(H,11,12,14,16)/b5-3-. The Morgan fingerprint density at radius 3 is 2.75 bits per heavy atom.